The highest BCUT2D eigenvalue weighted by Crippen LogP contribution is 2.32. The summed E-state index contributed by atoms with van der Waals surface area (Å²) in [4.78, 5) is 42.8. The van der Waals surface area contributed by atoms with Gasteiger partial charge in [-0.3, -0.25) is 23.9 Å². The molecule has 1 aliphatic rings. The van der Waals surface area contributed by atoms with Crippen LogP contribution < -0.4 is 19.8 Å². The van der Waals surface area contributed by atoms with Crippen molar-refractivity contribution in [3.05, 3.63) is 45.7 Å². The van der Waals surface area contributed by atoms with Gasteiger partial charge in [0.1, 0.15) is 35.1 Å². The van der Waals surface area contributed by atoms with Crippen molar-refractivity contribution in [2.45, 2.75) is 26.7 Å². The molecule has 0 radical (unpaired) electrons. The number of methoxy groups -OCH3 is 2. The summed E-state index contributed by atoms with van der Waals surface area (Å²) < 4.78 is 18.2. The highest BCUT2D eigenvalue weighted by Gasteiger charge is 2.28. The summed E-state index contributed by atoms with van der Waals surface area (Å²) in [6.07, 6.45) is 0.529. The van der Waals surface area contributed by atoms with Crippen LogP contribution >= 0.6 is 0 Å². The number of nitrogens with zero attached hydrogens (tertiary/aromatic N) is 3. The van der Waals surface area contributed by atoms with Gasteiger partial charge in [-0.2, -0.15) is 0 Å². The first kappa shape index (κ1) is 23.3. The van der Waals surface area contributed by atoms with E-state index in [-0.39, 0.29) is 43.4 Å². The number of amides is 2. The van der Waals surface area contributed by atoms with E-state index in [0.717, 1.165) is 16.7 Å². The van der Waals surface area contributed by atoms with Gasteiger partial charge in [0, 0.05) is 37.6 Å². The zero-order valence-corrected chi connectivity index (χ0v) is 19.9. The van der Waals surface area contributed by atoms with Crippen molar-refractivity contribution in [2.24, 2.45) is 7.05 Å². The lowest BCUT2D eigenvalue weighted by Gasteiger charge is -2.18. The van der Waals surface area contributed by atoms with E-state index in [1.807, 2.05) is 26.0 Å². The molecule has 0 aliphatic carbocycles. The molecule has 4 rings (SSSR count). The highest BCUT2D eigenvalue weighted by atomic mass is 16.5. The molecule has 0 bridgehead atoms. The van der Waals surface area contributed by atoms with E-state index in [4.69, 9.17) is 19.2 Å². The summed E-state index contributed by atoms with van der Waals surface area (Å²) in [6, 6.07) is 7.18. The molecule has 2 amide bonds. The first-order valence-electron chi connectivity index (χ1n) is 11.0. The van der Waals surface area contributed by atoms with Crippen LogP contribution in [0.5, 0.6) is 17.2 Å². The molecule has 1 fully saturated rings. The van der Waals surface area contributed by atoms with Gasteiger partial charge in [-0.25, -0.2) is 4.98 Å². The zero-order valence-electron chi connectivity index (χ0n) is 19.9. The normalized spacial score (nSPS) is 13.6. The molecular weight excluding hydrogens is 438 g/mol. The average molecular weight is 466 g/mol. The Hall–Kier alpha value is -3.88. The Morgan fingerprint density at radius 2 is 1.59 bits per heavy atom. The van der Waals surface area contributed by atoms with E-state index >= 15 is 0 Å². The number of benzene rings is 2. The molecule has 0 atom stereocenters. The largest absolute Gasteiger partial charge is 0.497 e. The van der Waals surface area contributed by atoms with E-state index in [1.54, 1.807) is 26.3 Å². The molecule has 0 N–H and O–H groups in total. The topological polar surface area (TPSA) is 100.0 Å². The van der Waals surface area contributed by atoms with Crippen molar-refractivity contribution < 1.29 is 23.8 Å². The fourth-order valence-corrected chi connectivity index (χ4v) is 4.29. The quantitative estimate of drug-likeness (QED) is 0.495. The minimum atomic E-state index is -0.227. The lowest BCUT2D eigenvalue weighted by atomic mass is 10.0. The van der Waals surface area contributed by atoms with Gasteiger partial charge in [-0.05, 0) is 37.1 Å². The van der Waals surface area contributed by atoms with Crippen LogP contribution in [-0.4, -0.2) is 53.6 Å². The molecule has 0 spiro atoms. The van der Waals surface area contributed by atoms with Crippen LogP contribution in [0, 0.1) is 13.8 Å². The number of imide groups is 1. The van der Waals surface area contributed by atoms with Gasteiger partial charge in [0.05, 0.1) is 26.3 Å². The summed E-state index contributed by atoms with van der Waals surface area (Å²) in [5.41, 5.74) is 2.72. The highest BCUT2D eigenvalue weighted by molar-refractivity contribution is 6.01. The molecule has 9 nitrogen and oxygen atoms in total. The second kappa shape index (κ2) is 9.17. The lowest BCUT2D eigenvalue weighted by Crippen LogP contribution is -2.33. The summed E-state index contributed by atoms with van der Waals surface area (Å²) in [6.45, 7) is 4.25. The summed E-state index contributed by atoms with van der Waals surface area (Å²) >= 11 is 0. The first-order valence-corrected chi connectivity index (χ1v) is 11.0. The molecule has 0 unspecified atom stereocenters. The third kappa shape index (κ3) is 4.09. The maximum Gasteiger partial charge on any atom is 0.265 e. The van der Waals surface area contributed by atoms with Crippen LogP contribution in [0.3, 0.4) is 0 Å². The van der Waals surface area contributed by atoms with Crippen LogP contribution in [0.4, 0.5) is 0 Å². The molecule has 1 aromatic heterocycles. The molecule has 34 heavy (non-hydrogen) atoms. The minimum Gasteiger partial charge on any atom is -0.497 e. The molecule has 0 saturated carbocycles. The Balaban J connectivity index is 1.68. The fraction of sp³-hybridized carbons (Fsp3) is 0.360. The predicted octanol–water partition coefficient (Wildman–Crippen LogP) is 2.76. The van der Waals surface area contributed by atoms with Crippen molar-refractivity contribution in [1.82, 2.24) is 14.5 Å². The maximum absolute atomic E-state index is 13.2. The third-order valence-electron chi connectivity index (χ3n) is 6.01. The number of hydrogen-bond donors (Lipinski definition) is 0. The summed E-state index contributed by atoms with van der Waals surface area (Å²) in [5.74, 6) is 1.81. The number of ether oxygens (including phenoxy) is 3. The predicted molar refractivity (Wildman–Crippen MR) is 126 cm³/mol. The van der Waals surface area contributed by atoms with Gasteiger partial charge in [0.2, 0.25) is 11.8 Å². The van der Waals surface area contributed by atoms with Crippen molar-refractivity contribution in [3.8, 4) is 28.6 Å². The smallest absolute Gasteiger partial charge is 0.265 e. The summed E-state index contributed by atoms with van der Waals surface area (Å²) in [7, 11) is 4.72. The number of aryl methyl sites for hydroxylation is 2. The van der Waals surface area contributed by atoms with Crippen LogP contribution in [0.2, 0.25) is 0 Å². The molecule has 178 valence electrons. The van der Waals surface area contributed by atoms with E-state index in [1.165, 1.54) is 16.6 Å². The van der Waals surface area contributed by atoms with Gasteiger partial charge in [0.25, 0.3) is 5.56 Å². The molecule has 1 aliphatic heterocycles. The second-order valence-electron chi connectivity index (χ2n) is 8.25. The first-order chi connectivity index (χ1) is 16.2. The van der Waals surface area contributed by atoms with Crippen LogP contribution in [-0.2, 0) is 16.6 Å². The van der Waals surface area contributed by atoms with Gasteiger partial charge in [0.15, 0.2) is 0 Å². The van der Waals surface area contributed by atoms with Crippen molar-refractivity contribution in [3.63, 3.8) is 0 Å². The van der Waals surface area contributed by atoms with Gasteiger partial charge in [-0.15, -0.1) is 0 Å². The SMILES string of the molecule is COc1cc(OC)c2c(=O)n(C)c(-c3cc(C)c(OCCN4C(=O)CCC4=O)c(C)c3)nc2c1. The van der Waals surface area contributed by atoms with Crippen molar-refractivity contribution in [2.75, 3.05) is 27.4 Å². The number of hydrogen-bond acceptors (Lipinski definition) is 7. The number of carbonyl (C=O) groups is 2. The Kier molecular flexibility index (Phi) is 6.28. The van der Waals surface area contributed by atoms with E-state index in [0.29, 0.717) is 34.0 Å². The Labute approximate surface area is 196 Å². The van der Waals surface area contributed by atoms with E-state index in [9.17, 15) is 14.4 Å². The second-order valence-corrected chi connectivity index (χ2v) is 8.25. The zero-order chi connectivity index (χ0) is 24.6. The van der Waals surface area contributed by atoms with Gasteiger partial charge < -0.3 is 14.2 Å². The number of carbonyl (C=O) groups excluding carboxylic acids is 2. The molecule has 2 aromatic carbocycles. The Morgan fingerprint density at radius 1 is 0.941 bits per heavy atom. The van der Waals surface area contributed by atoms with Gasteiger partial charge in [-0.1, -0.05) is 0 Å². The van der Waals surface area contributed by atoms with Crippen LogP contribution in [0.25, 0.3) is 22.3 Å². The lowest BCUT2D eigenvalue weighted by molar-refractivity contribution is -0.138. The molecule has 9 heteroatoms. The van der Waals surface area contributed by atoms with Crippen molar-refractivity contribution in [1.29, 1.82) is 0 Å². The molecule has 3 aromatic rings. The number of likely N-dealkylation sites (tertiary alicyclic amines) is 1. The summed E-state index contributed by atoms with van der Waals surface area (Å²) in [5, 5.41) is 0.383. The number of fused-ring (bicyclic) bond motifs is 1. The van der Waals surface area contributed by atoms with Crippen LogP contribution in [0.1, 0.15) is 24.0 Å². The minimum absolute atomic E-state index is 0.158. The monoisotopic (exact) mass is 465 g/mol. The number of aromatic nitrogens is 2. The van der Waals surface area contributed by atoms with E-state index < -0.39 is 0 Å². The average Bonchev–Trinajstić information content (AvgIpc) is 3.14. The standard InChI is InChI=1S/C25H27N3O6/c1-14-10-16(11-15(2)23(14)34-9-8-28-20(29)6-7-21(28)30)24-26-18-12-17(32-4)13-19(33-5)22(18)25(31)27(24)3/h10-13H,6-9H2,1-5H3. The fourth-order valence-electron chi connectivity index (χ4n) is 4.29. The van der Waals surface area contributed by atoms with Crippen LogP contribution in [0.15, 0.2) is 29.1 Å². The van der Waals surface area contributed by atoms with E-state index in [2.05, 4.69) is 0 Å². The number of rotatable bonds is 7. The molecular formula is C25H27N3O6. The van der Waals surface area contributed by atoms with Crippen molar-refractivity contribution >= 4 is 22.7 Å². The third-order valence-corrected chi connectivity index (χ3v) is 6.01. The van der Waals surface area contributed by atoms with Gasteiger partial charge >= 0.3 is 0 Å². The molecule has 1 saturated heterocycles. The Bertz CT molecular complexity index is 1320. The Morgan fingerprint density at radius 3 is 2.18 bits per heavy atom. The maximum atomic E-state index is 13.2. The molecule has 2 heterocycles.